The van der Waals surface area contributed by atoms with Gasteiger partial charge in [-0.15, -0.1) is 0 Å². The van der Waals surface area contributed by atoms with E-state index in [0.29, 0.717) is 6.54 Å². The number of aliphatic hydroxyl groups is 1. The van der Waals surface area contributed by atoms with E-state index in [9.17, 15) is 5.11 Å². The number of β-amino-alcohol motifs (C(OH)–C–C–N with tert-alkyl or cyclic N) is 1. The number of benzene rings is 1. The fourth-order valence-electron chi connectivity index (χ4n) is 2.67. The van der Waals surface area contributed by atoms with Gasteiger partial charge >= 0.3 is 0 Å². The Balaban J connectivity index is 1.85. The Morgan fingerprint density at radius 2 is 1.65 bits per heavy atom. The van der Waals surface area contributed by atoms with Crippen molar-refractivity contribution < 1.29 is 5.11 Å². The summed E-state index contributed by atoms with van der Waals surface area (Å²) < 4.78 is 0. The SMILES string of the molecule is CC(C)(C)N1CCN(CC(O)c2ccc(N)cc2)CC1. The first kappa shape index (κ1) is 15.3. The molecule has 1 aliphatic rings. The minimum atomic E-state index is -0.434. The third-order valence-corrected chi connectivity index (χ3v) is 4.07. The van der Waals surface area contributed by atoms with Crippen LogP contribution in [0.25, 0.3) is 0 Å². The van der Waals surface area contributed by atoms with Crippen molar-refractivity contribution in [1.29, 1.82) is 0 Å². The average molecular weight is 277 g/mol. The number of rotatable bonds is 3. The zero-order valence-corrected chi connectivity index (χ0v) is 12.8. The first-order valence-electron chi connectivity index (χ1n) is 7.37. The van der Waals surface area contributed by atoms with Gasteiger partial charge in [0.2, 0.25) is 0 Å². The summed E-state index contributed by atoms with van der Waals surface area (Å²) in [6, 6.07) is 7.50. The van der Waals surface area contributed by atoms with E-state index in [1.54, 1.807) is 0 Å². The summed E-state index contributed by atoms with van der Waals surface area (Å²) in [5, 5.41) is 10.3. The van der Waals surface area contributed by atoms with Crippen LogP contribution in [-0.2, 0) is 0 Å². The molecule has 2 rings (SSSR count). The number of anilines is 1. The highest BCUT2D eigenvalue weighted by molar-refractivity contribution is 5.39. The van der Waals surface area contributed by atoms with Crippen molar-refractivity contribution >= 4 is 5.69 Å². The lowest BCUT2D eigenvalue weighted by Gasteiger charge is -2.42. The molecule has 0 bridgehead atoms. The minimum Gasteiger partial charge on any atom is -0.399 e. The fraction of sp³-hybridized carbons (Fsp3) is 0.625. The van der Waals surface area contributed by atoms with Crippen LogP contribution in [0.3, 0.4) is 0 Å². The van der Waals surface area contributed by atoms with Crippen molar-refractivity contribution in [2.24, 2.45) is 0 Å². The molecule has 20 heavy (non-hydrogen) atoms. The molecule has 1 atom stereocenters. The third kappa shape index (κ3) is 3.95. The molecule has 1 aromatic rings. The Kier molecular flexibility index (Phi) is 4.68. The van der Waals surface area contributed by atoms with Gasteiger partial charge in [0.25, 0.3) is 0 Å². The predicted octanol–water partition coefficient (Wildman–Crippen LogP) is 1.72. The van der Waals surface area contributed by atoms with E-state index < -0.39 is 6.10 Å². The highest BCUT2D eigenvalue weighted by atomic mass is 16.3. The lowest BCUT2D eigenvalue weighted by Crippen LogP contribution is -2.53. The van der Waals surface area contributed by atoms with Gasteiger partial charge in [0.15, 0.2) is 0 Å². The minimum absolute atomic E-state index is 0.238. The van der Waals surface area contributed by atoms with E-state index in [2.05, 4.69) is 30.6 Å². The molecule has 1 fully saturated rings. The van der Waals surface area contributed by atoms with Crippen molar-refractivity contribution in [3.8, 4) is 0 Å². The van der Waals surface area contributed by atoms with E-state index in [0.717, 1.165) is 37.4 Å². The van der Waals surface area contributed by atoms with Gasteiger partial charge in [-0.25, -0.2) is 0 Å². The van der Waals surface area contributed by atoms with Gasteiger partial charge in [-0.1, -0.05) is 12.1 Å². The maximum absolute atomic E-state index is 10.3. The number of hydrogen-bond acceptors (Lipinski definition) is 4. The highest BCUT2D eigenvalue weighted by Crippen LogP contribution is 2.19. The zero-order chi connectivity index (χ0) is 14.8. The summed E-state index contributed by atoms with van der Waals surface area (Å²) in [4.78, 5) is 4.84. The molecule has 4 nitrogen and oxygen atoms in total. The number of aliphatic hydroxyl groups excluding tert-OH is 1. The first-order chi connectivity index (χ1) is 9.36. The molecule has 1 aliphatic heterocycles. The zero-order valence-electron chi connectivity index (χ0n) is 12.8. The second-order valence-electron chi connectivity index (χ2n) is 6.64. The van der Waals surface area contributed by atoms with Crippen molar-refractivity contribution in [2.45, 2.75) is 32.4 Å². The van der Waals surface area contributed by atoms with Gasteiger partial charge in [-0.3, -0.25) is 9.80 Å². The Bertz CT molecular complexity index is 416. The smallest absolute Gasteiger partial charge is 0.0916 e. The molecule has 0 amide bonds. The summed E-state index contributed by atoms with van der Waals surface area (Å²) in [6.45, 7) is 11.6. The van der Waals surface area contributed by atoms with Crippen molar-refractivity contribution in [1.82, 2.24) is 9.80 Å². The van der Waals surface area contributed by atoms with Gasteiger partial charge in [-0.2, -0.15) is 0 Å². The molecule has 1 unspecified atom stereocenters. The summed E-state index contributed by atoms with van der Waals surface area (Å²) in [5.74, 6) is 0. The topological polar surface area (TPSA) is 52.7 Å². The van der Waals surface area contributed by atoms with Crippen LogP contribution in [0.5, 0.6) is 0 Å². The van der Waals surface area contributed by atoms with Crippen LogP contribution >= 0.6 is 0 Å². The van der Waals surface area contributed by atoms with Crippen LogP contribution in [0.15, 0.2) is 24.3 Å². The highest BCUT2D eigenvalue weighted by Gasteiger charge is 2.26. The maximum Gasteiger partial charge on any atom is 0.0916 e. The molecular weight excluding hydrogens is 250 g/mol. The number of nitrogens with two attached hydrogens (primary N) is 1. The fourth-order valence-corrected chi connectivity index (χ4v) is 2.67. The van der Waals surface area contributed by atoms with Gasteiger partial charge in [0.1, 0.15) is 0 Å². The van der Waals surface area contributed by atoms with E-state index >= 15 is 0 Å². The molecule has 1 aromatic carbocycles. The lowest BCUT2D eigenvalue weighted by molar-refractivity contribution is 0.0363. The number of hydrogen-bond donors (Lipinski definition) is 2. The van der Waals surface area contributed by atoms with E-state index in [1.807, 2.05) is 24.3 Å². The second kappa shape index (κ2) is 6.12. The molecular formula is C16H27N3O. The van der Waals surface area contributed by atoms with Crippen LogP contribution in [0, 0.1) is 0 Å². The summed E-state index contributed by atoms with van der Waals surface area (Å²) >= 11 is 0. The Labute approximate surface area is 122 Å². The predicted molar refractivity (Wildman–Crippen MR) is 83.6 cm³/mol. The van der Waals surface area contributed by atoms with Crippen molar-refractivity contribution in [3.05, 3.63) is 29.8 Å². The quantitative estimate of drug-likeness (QED) is 0.826. The summed E-state index contributed by atoms with van der Waals surface area (Å²) in [7, 11) is 0. The van der Waals surface area contributed by atoms with E-state index in [1.165, 1.54) is 0 Å². The lowest BCUT2D eigenvalue weighted by atomic mass is 10.0. The average Bonchev–Trinajstić information content (AvgIpc) is 2.39. The van der Waals surface area contributed by atoms with E-state index in [-0.39, 0.29) is 5.54 Å². The molecule has 0 aliphatic carbocycles. The van der Waals surface area contributed by atoms with Crippen LogP contribution in [0.2, 0.25) is 0 Å². The number of nitrogen functional groups attached to an aromatic ring is 1. The first-order valence-corrected chi connectivity index (χ1v) is 7.37. The number of piperazine rings is 1. The molecule has 0 saturated carbocycles. The van der Waals surface area contributed by atoms with Gasteiger partial charge < -0.3 is 10.8 Å². The molecule has 1 saturated heterocycles. The van der Waals surface area contributed by atoms with E-state index in [4.69, 9.17) is 5.73 Å². The Morgan fingerprint density at radius 3 is 2.15 bits per heavy atom. The van der Waals surface area contributed by atoms with Crippen LogP contribution in [-0.4, -0.2) is 53.2 Å². The second-order valence-corrected chi connectivity index (χ2v) is 6.64. The third-order valence-electron chi connectivity index (χ3n) is 4.07. The van der Waals surface area contributed by atoms with Gasteiger partial charge in [0.05, 0.1) is 6.10 Å². The molecule has 112 valence electrons. The van der Waals surface area contributed by atoms with Crippen LogP contribution in [0.1, 0.15) is 32.4 Å². The largest absolute Gasteiger partial charge is 0.399 e. The van der Waals surface area contributed by atoms with Crippen LogP contribution < -0.4 is 5.73 Å². The summed E-state index contributed by atoms with van der Waals surface area (Å²) in [6.07, 6.45) is -0.434. The monoisotopic (exact) mass is 277 g/mol. The summed E-state index contributed by atoms with van der Waals surface area (Å²) in [5.41, 5.74) is 7.59. The van der Waals surface area contributed by atoms with Crippen molar-refractivity contribution in [2.75, 3.05) is 38.5 Å². The van der Waals surface area contributed by atoms with Gasteiger partial charge in [0, 0.05) is 44.0 Å². The number of nitrogens with zero attached hydrogens (tertiary/aromatic N) is 2. The standard InChI is InChI=1S/C16H27N3O/c1-16(2,3)19-10-8-18(9-11-19)12-15(20)13-4-6-14(17)7-5-13/h4-7,15,20H,8-12,17H2,1-3H3. The van der Waals surface area contributed by atoms with Gasteiger partial charge in [-0.05, 0) is 38.5 Å². The van der Waals surface area contributed by atoms with Crippen LogP contribution in [0.4, 0.5) is 5.69 Å². The molecule has 0 radical (unpaired) electrons. The molecule has 4 heteroatoms. The molecule has 1 heterocycles. The Hall–Kier alpha value is -1.10. The molecule has 0 aromatic heterocycles. The normalized spacial score (nSPS) is 20.0. The molecule has 0 spiro atoms. The Morgan fingerprint density at radius 1 is 1.10 bits per heavy atom. The molecule has 3 N–H and O–H groups in total. The maximum atomic E-state index is 10.3. The van der Waals surface area contributed by atoms with Crippen molar-refractivity contribution in [3.63, 3.8) is 0 Å².